The molecule has 0 saturated carbocycles. The summed E-state index contributed by atoms with van der Waals surface area (Å²) in [5.41, 5.74) is -2.04. The minimum Gasteiger partial charge on any atom is -0.394 e. The fourth-order valence-electron chi connectivity index (χ4n) is 11.4. The molecule has 34 nitrogen and oxygen atoms in total. The van der Waals surface area contributed by atoms with Crippen LogP contribution in [0.5, 0.6) is 0 Å². The molecule has 35 heteroatoms. The molecule has 0 spiro atoms. The second-order valence-electron chi connectivity index (χ2n) is 23.2. The fourth-order valence-corrected chi connectivity index (χ4v) is 11.7. The zero-order chi connectivity index (χ0) is 66.6. The van der Waals surface area contributed by atoms with E-state index in [0.29, 0.717) is 6.42 Å². The van der Waals surface area contributed by atoms with E-state index in [1.165, 1.54) is 25.7 Å². The lowest BCUT2D eigenvalue weighted by atomic mass is 9.89. The molecule has 0 radical (unpaired) electrons. The SMILES string of the molecule is CCCCCC/C=C\CCCCCCCC(=O)NC1C(O)[C@H](O)C(CO)O[C@H]1OCC1(CO)CC(O)C(NC(C)=O)[C@H](O[C@@H]2C(CO)O[C@@H](O[C@@H]3C(CO)O[C@@H](O[C@@H]4C(COS(=O)(=O)O)O[C@@H](O)C(NC(C)=O)C4O)C(NC(C)=O)C3O)C(NC(C)=O)C2O)O1. The van der Waals surface area contributed by atoms with Gasteiger partial charge in [-0.25, -0.2) is 4.18 Å². The van der Waals surface area contributed by atoms with Crippen LogP contribution in [0.3, 0.4) is 0 Å². The molecular weight excluding hydrogens is 1230 g/mol. The lowest BCUT2D eigenvalue weighted by Gasteiger charge is -2.51. The molecule has 24 atom stereocenters. The minimum absolute atomic E-state index is 0.0361. The number of allylic oxidation sites excluding steroid dienone is 2. The van der Waals surface area contributed by atoms with Crippen LogP contribution >= 0.6 is 0 Å². The summed E-state index contributed by atoms with van der Waals surface area (Å²) in [6.07, 6.45) is -18.4. The molecule has 5 heterocycles. The maximum atomic E-state index is 13.3. The van der Waals surface area contributed by atoms with Gasteiger partial charge in [0.2, 0.25) is 29.5 Å². The summed E-state index contributed by atoms with van der Waals surface area (Å²) < 4.78 is 90.8. The molecule has 0 bridgehead atoms. The van der Waals surface area contributed by atoms with E-state index in [2.05, 4.69) is 49.8 Å². The van der Waals surface area contributed by atoms with Crippen LogP contribution in [0.4, 0.5) is 0 Å². The lowest BCUT2D eigenvalue weighted by molar-refractivity contribution is -0.366. The normalized spacial score (nSPS) is 37.5. The Morgan fingerprint density at radius 3 is 1.47 bits per heavy atom. The summed E-state index contributed by atoms with van der Waals surface area (Å²) in [5, 5.41) is 135. The summed E-state index contributed by atoms with van der Waals surface area (Å²) >= 11 is 0. The molecule has 5 amide bonds. The van der Waals surface area contributed by atoms with Gasteiger partial charge in [-0.1, -0.05) is 57.6 Å². The van der Waals surface area contributed by atoms with Crippen molar-refractivity contribution in [2.24, 2.45) is 0 Å². The van der Waals surface area contributed by atoms with Gasteiger partial charge in [-0.2, -0.15) is 8.42 Å². The molecule has 0 aromatic heterocycles. The van der Waals surface area contributed by atoms with Crippen LogP contribution in [-0.2, 0) is 81.2 Å². The number of ether oxygens (including phenoxy) is 9. The molecule has 0 aliphatic carbocycles. The Bertz CT molecular complexity index is 2390. The van der Waals surface area contributed by atoms with Crippen LogP contribution in [0, 0.1) is 0 Å². The second-order valence-corrected chi connectivity index (χ2v) is 24.3. The maximum absolute atomic E-state index is 13.3. The summed E-state index contributed by atoms with van der Waals surface area (Å²) in [5.74, 6) is -3.76. The smallest absolute Gasteiger partial charge is 0.394 e. The quantitative estimate of drug-likeness (QED) is 0.0162. The van der Waals surface area contributed by atoms with Crippen molar-refractivity contribution >= 4 is 39.9 Å². The average molecular weight is 1320 g/mol. The van der Waals surface area contributed by atoms with Gasteiger partial charge in [0.1, 0.15) is 109 Å². The van der Waals surface area contributed by atoms with E-state index < -0.39 is 233 Å². The number of aliphatic hydroxyl groups is 11. The number of carbonyl (C=O) groups excluding carboxylic acids is 5. The third-order valence-electron chi connectivity index (χ3n) is 16.0. The van der Waals surface area contributed by atoms with E-state index in [4.69, 9.17) is 42.6 Å². The third-order valence-corrected chi connectivity index (χ3v) is 16.4. The second kappa shape index (κ2) is 36.7. The highest BCUT2D eigenvalue weighted by atomic mass is 32.3. The van der Waals surface area contributed by atoms with Gasteiger partial charge in [0, 0.05) is 40.5 Å². The van der Waals surface area contributed by atoms with Gasteiger partial charge in [0.25, 0.3) is 0 Å². The van der Waals surface area contributed by atoms with Crippen molar-refractivity contribution in [3.8, 4) is 0 Å². The molecule has 5 fully saturated rings. The minimum atomic E-state index is -5.19. The first kappa shape index (κ1) is 76.9. The van der Waals surface area contributed by atoms with Gasteiger partial charge in [0.05, 0.1) is 45.7 Å². The van der Waals surface area contributed by atoms with Crippen LogP contribution in [0.2, 0.25) is 0 Å². The molecule has 5 aliphatic heterocycles. The Labute approximate surface area is 521 Å². The number of carbonyl (C=O) groups is 5. The number of hydrogen-bond acceptors (Lipinski definition) is 28. The van der Waals surface area contributed by atoms with E-state index in [0.717, 1.165) is 66.2 Å². The predicted octanol–water partition coefficient (Wildman–Crippen LogP) is -5.75. The molecule has 17 N–H and O–H groups in total. The van der Waals surface area contributed by atoms with E-state index in [1.54, 1.807) is 0 Å². The Hall–Kier alpha value is -3.84. The highest BCUT2D eigenvalue weighted by molar-refractivity contribution is 7.80. The van der Waals surface area contributed by atoms with Gasteiger partial charge in [0.15, 0.2) is 31.5 Å². The van der Waals surface area contributed by atoms with Crippen LogP contribution in [0.25, 0.3) is 0 Å². The Kier molecular flexibility index (Phi) is 31.4. The van der Waals surface area contributed by atoms with Gasteiger partial charge in [-0.15, -0.1) is 0 Å². The molecule has 0 aromatic carbocycles. The molecule has 90 heavy (non-hydrogen) atoms. The van der Waals surface area contributed by atoms with Crippen molar-refractivity contribution in [3.05, 3.63) is 12.2 Å². The van der Waals surface area contributed by atoms with Crippen molar-refractivity contribution < 1.29 is 140 Å². The third kappa shape index (κ3) is 22.1. The number of rotatable bonds is 34. The fraction of sp³-hybridized carbons (Fsp3) is 0.873. The number of hydrogen-bond donors (Lipinski definition) is 17. The van der Waals surface area contributed by atoms with Crippen molar-refractivity contribution in [2.75, 3.05) is 39.6 Å². The number of nitrogens with one attached hydrogen (secondary N) is 5. The molecule has 5 saturated heterocycles. The molecule has 5 aliphatic rings. The molecule has 0 aromatic rings. The molecule has 5 rings (SSSR count). The van der Waals surface area contributed by atoms with Crippen molar-refractivity contribution in [2.45, 2.75) is 265 Å². The van der Waals surface area contributed by atoms with Crippen LogP contribution in [-0.4, -0.2) is 285 Å². The van der Waals surface area contributed by atoms with E-state index in [9.17, 15) is 93.1 Å². The Balaban J connectivity index is 1.33. The molecular formula is C55H95N5O29S. The van der Waals surface area contributed by atoms with Crippen LogP contribution < -0.4 is 26.6 Å². The first-order chi connectivity index (χ1) is 42.6. The summed E-state index contributed by atoms with van der Waals surface area (Å²) in [4.78, 5) is 63.6. The summed E-state index contributed by atoms with van der Waals surface area (Å²) in [7, 11) is -5.19. The largest absolute Gasteiger partial charge is 0.397 e. The van der Waals surface area contributed by atoms with Gasteiger partial charge >= 0.3 is 10.4 Å². The van der Waals surface area contributed by atoms with Crippen molar-refractivity contribution in [1.29, 1.82) is 0 Å². The maximum Gasteiger partial charge on any atom is 0.397 e. The number of amides is 5. The highest BCUT2D eigenvalue weighted by Crippen LogP contribution is 2.37. The van der Waals surface area contributed by atoms with E-state index in [-0.39, 0.29) is 6.42 Å². The zero-order valence-electron chi connectivity index (χ0n) is 51.1. The number of unbranched alkanes of at least 4 members (excludes halogenated alkanes) is 9. The van der Waals surface area contributed by atoms with Gasteiger partial charge in [-0.3, -0.25) is 28.5 Å². The average Bonchev–Trinajstić information content (AvgIpc) is 0.788. The monoisotopic (exact) mass is 1320 g/mol. The first-order valence-electron chi connectivity index (χ1n) is 30.3. The standard InChI is InChI=1S/C55H95N5O29S/c1-6-7-8-9-10-11-12-13-14-15-16-17-18-19-36(70)60-39-43(72)42(71)32(21-61)83-51(39)80-26-55(25-64)20-31(69)37(56-27(2)65)54(89-55)88-48-34(23-63)85-52(41(46(48)75)59-30(5)68)86-47-33(22-62)84-53(40(45(47)74)58-29(4)67)87-49-35(24-81-90(77,78)79)82-50(76)38(44(49)73)57-28(3)66/h11-12,31-35,37-54,61-64,69,71-76H,6-10,13-26H2,1-5H3,(H,56,65)(H,57,66)(H,58,67)(H,59,68)(H,60,70)(H,77,78,79)/b12-11-/t31?,32?,33?,34?,35?,37?,38?,39?,40?,41?,42-,43?,44?,45?,46?,47-,48-,49-,50-,51-,52+,53+,54-,55?/m1/s1. The van der Waals surface area contributed by atoms with Crippen molar-refractivity contribution in [3.63, 3.8) is 0 Å². The van der Waals surface area contributed by atoms with E-state index in [1.807, 2.05) is 0 Å². The van der Waals surface area contributed by atoms with Crippen LogP contribution in [0.15, 0.2) is 12.2 Å². The molecule has 15 unspecified atom stereocenters. The van der Waals surface area contributed by atoms with Gasteiger partial charge < -0.3 is 125 Å². The Morgan fingerprint density at radius 2 is 0.967 bits per heavy atom. The number of aliphatic hydroxyl groups excluding tert-OH is 11. The first-order valence-corrected chi connectivity index (χ1v) is 31.7. The van der Waals surface area contributed by atoms with Crippen molar-refractivity contribution in [1.82, 2.24) is 26.6 Å². The Morgan fingerprint density at radius 1 is 0.522 bits per heavy atom. The van der Waals surface area contributed by atoms with Gasteiger partial charge in [-0.05, 0) is 32.1 Å². The summed E-state index contributed by atoms with van der Waals surface area (Å²) in [6.45, 7) is 0.505. The van der Waals surface area contributed by atoms with Crippen LogP contribution in [0.1, 0.15) is 118 Å². The summed E-state index contributed by atoms with van der Waals surface area (Å²) in [6, 6.07) is -8.26. The highest BCUT2D eigenvalue weighted by Gasteiger charge is 2.57. The predicted molar refractivity (Wildman–Crippen MR) is 304 cm³/mol. The van der Waals surface area contributed by atoms with E-state index >= 15 is 0 Å². The zero-order valence-corrected chi connectivity index (χ0v) is 51.9. The lowest BCUT2D eigenvalue weighted by Crippen LogP contribution is -2.71. The topological polar surface area (TPSA) is 515 Å². The molecule has 520 valence electrons.